The molecule has 1 N–H and O–H groups in total. The number of nitrogens with zero attached hydrogens (tertiary/aromatic N) is 3. The molecule has 1 aliphatic rings. The van der Waals surface area contributed by atoms with Crippen LogP contribution in [0.2, 0.25) is 0 Å². The Bertz CT molecular complexity index is 1010. The summed E-state index contributed by atoms with van der Waals surface area (Å²) < 4.78 is 11.6. The van der Waals surface area contributed by atoms with E-state index in [0.717, 1.165) is 11.8 Å². The second kappa shape index (κ2) is 6.49. The second-order valence-corrected chi connectivity index (χ2v) is 7.78. The number of ether oxygens (including phenoxy) is 1. The number of aromatic nitrogens is 2. The Kier molecular flexibility index (Phi) is 4.26. The van der Waals surface area contributed by atoms with Crippen LogP contribution in [0.25, 0.3) is 22.1 Å². The summed E-state index contributed by atoms with van der Waals surface area (Å²) in [5.74, 6) is 0.570. The standard InChI is InChI=1S/C20H23N3O4/c1-20(2,3)27-19(25)13-8-6-10-23(13)18-17-16(21-15(11-24)22-18)12-7-4-5-9-14(12)26-17/h4-5,7,9,13,24H,6,8,10-11H2,1-3H3/t13-/m0/s1. The van der Waals surface area contributed by atoms with E-state index in [2.05, 4.69) is 9.97 Å². The van der Waals surface area contributed by atoms with Crippen molar-refractivity contribution in [3.05, 3.63) is 30.1 Å². The molecule has 0 bridgehead atoms. The lowest BCUT2D eigenvalue weighted by Crippen LogP contribution is -2.41. The van der Waals surface area contributed by atoms with Gasteiger partial charge in [-0.2, -0.15) is 0 Å². The highest BCUT2D eigenvalue weighted by atomic mass is 16.6. The molecule has 0 unspecified atom stereocenters. The third-order valence-electron chi connectivity index (χ3n) is 4.59. The highest BCUT2D eigenvalue weighted by Crippen LogP contribution is 2.36. The van der Waals surface area contributed by atoms with Gasteiger partial charge in [-0.3, -0.25) is 0 Å². The van der Waals surface area contributed by atoms with Crippen LogP contribution in [0, 0.1) is 0 Å². The quantitative estimate of drug-likeness (QED) is 0.709. The van der Waals surface area contributed by atoms with E-state index in [9.17, 15) is 9.90 Å². The molecule has 0 aliphatic carbocycles. The van der Waals surface area contributed by atoms with Crippen molar-refractivity contribution in [3.63, 3.8) is 0 Å². The fraction of sp³-hybridized carbons (Fsp3) is 0.450. The first kappa shape index (κ1) is 17.7. The number of aliphatic hydroxyl groups excluding tert-OH is 1. The van der Waals surface area contributed by atoms with E-state index in [-0.39, 0.29) is 12.6 Å². The number of aliphatic hydroxyl groups is 1. The molecule has 7 heteroatoms. The molecule has 1 saturated heterocycles. The minimum Gasteiger partial charge on any atom is -0.458 e. The van der Waals surface area contributed by atoms with Gasteiger partial charge < -0.3 is 19.2 Å². The molecule has 27 heavy (non-hydrogen) atoms. The molecular weight excluding hydrogens is 346 g/mol. The second-order valence-electron chi connectivity index (χ2n) is 7.78. The maximum Gasteiger partial charge on any atom is 0.329 e. The monoisotopic (exact) mass is 369 g/mol. The molecule has 1 aromatic carbocycles. The Hall–Kier alpha value is -2.67. The normalized spacial score (nSPS) is 17.8. The molecular formula is C20H23N3O4. The van der Waals surface area contributed by atoms with Crippen LogP contribution in [0.5, 0.6) is 0 Å². The van der Waals surface area contributed by atoms with E-state index in [1.807, 2.05) is 49.9 Å². The molecule has 0 amide bonds. The zero-order valence-electron chi connectivity index (χ0n) is 15.7. The van der Waals surface area contributed by atoms with Crippen molar-refractivity contribution >= 4 is 33.9 Å². The number of para-hydroxylation sites is 1. The molecule has 0 saturated carbocycles. The highest BCUT2D eigenvalue weighted by molar-refractivity contribution is 6.06. The molecule has 1 aliphatic heterocycles. The summed E-state index contributed by atoms with van der Waals surface area (Å²) in [6, 6.07) is 7.17. The van der Waals surface area contributed by atoms with Crippen molar-refractivity contribution in [1.82, 2.24) is 9.97 Å². The summed E-state index contributed by atoms with van der Waals surface area (Å²) in [6.07, 6.45) is 1.54. The number of hydrogen-bond acceptors (Lipinski definition) is 7. The van der Waals surface area contributed by atoms with Crippen molar-refractivity contribution in [3.8, 4) is 0 Å². The van der Waals surface area contributed by atoms with Gasteiger partial charge in [-0.1, -0.05) is 12.1 Å². The lowest BCUT2D eigenvalue weighted by atomic mass is 10.1. The number of rotatable bonds is 3. The first-order chi connectivity index (χ1) is 12.9. The number of furan rings is 1. The van der Waals surface area contributed by atoms with Gasteiger partial charge >= 0.3 is 5.97 Å². The van der Waals surface area contributed by atoms with Crippen molar-refractivity contribution in [2.24, 2.45) is 0 Å². The van der Waals surface area contributed by atoms with Gasteiger partial charge in [0, 0.05) is 11.9 Å². The van der Waals surface area contributed by atoms with Crippen LogP contribution in [0.4, 0.5) is 5.82 Å². The van der Waals surface area contributed by atoms with E-state index in [4.69, 9.17) is 9.15 Å². The van der Waals surface area contributed by atoms with Gasteiger partial charge in [-0.25, -0.2) is 14.8 Å². The Morgan fingerprint density at radius 1 is 1.33 bits per heavy atom. The van der Waals surface area contributed by atoms with E-state index in [0.29, 0.717) is 41.3 Å². The maximum atomic E-state index is 12.7. The van der Waals surface area contributed by atoms with Crippen LogP contribution in [-0.2, 0) is 16.1 Å². The van der Waals surface area contributed by atoms with Gasteiger partial charge in [-0.05, 0) is 45.7 Å². The molecule has 4 rings (SSSR count). The van der Waals surface area contributed by atoms with Gasteiger partial charge in [-0.15, -0.1) is 0 Å². The fourth-order valence-electron chi connectivity index (χ4n) is 3.52. The Balaban J connectivity index is 1.83. The van der Waals surface area contributed by atoms with Crippen LogP contribution >= 0.6 is 0 Å². The van der Waals surface area contributed by atoms with Crippen molar-refractivity contribution in [1.29, 1.82) is 0 Å². The third kappa shape index (κ3) is 3.23. The Morgan fingerprint density at radius 2 is 2.11 bits per heavy atom. The Labute approximate surface area is 157 Å². The zero-order chi connectivity index (χ0) is 19.2. The molecule has 0 radical (unpaired) electrons. The molecule has 3 aromatic rings. The summed E-state index contributed by atoms with van der Waals surface area (Å²) in [5.41, 5.74) is 1.33. The van der Waals surface area contributed by atoms with Crippen molar-refractivity contribution in [2.75, 3.05) is 11.4 Å². The molecule has 1 fully saturated rings. The van der Waals surface area contributed by atoms with Crippen LogP contribution in [0.15, 0.2) is 28.7 Å². The van der Waals surface area contributed by atoms with E-state index >= 15 is 0 Å². The molecule has 0 spiro atoms. The minimum absolute atomic E-state index is 0.270. The van der Waals surface area contributed by atoms with Crippen LogP contribution in [-0.4, -0.2) is 39.2 Å². The number of anilines is 1. The SMILES string of the molecule is CC(C)(C)OC(=O)[C@@H]1CCCN1c1nc(CO)nc2c1oc1ccccc12. The fourth-order valence-corrected chi connectivity index (χ4v) is 3.52. The van der Waals surface area contributed by atoms with Crippen molar-refractivity contribution in [2.45, 2.75) is 51.9 Å². The average Bonchev–Trinajstić information content (AvgIpc) is 3.24. The number of fused-ring (bicyclic) bond motifs is 3. The first-order valence-corrected chi connectivity index (χ1v) is 9.16. The van der Waals surface area contributed by atoms with Gasteiger partial charge in [0.05, 0.1) is 0 Å². The van der Waals surface area contributed by atoms with Gasteiger partial charge in [0.15, 0.2) is 17.2 Å². The van der Waals surface area contributed by atoms with Crippen molar-refractivity contribution < 1.29 is 19.1 Å². The third-order valence-corrected chi connectivity index (χ3v) is 4.59. The summed E-state index contributed by atoms with van der Waals surface area (Å²) in [5, 5.41) is 10.5. The topological polar surface area (TPSA) is 88.7 Å². The number of carbonyl (C=O) groups is 1. The lowest BCUT2D eigenvalue weighted by molar-refractivity contribution is -0.156. The Morgan fingerprint density at radius 3 is 2.85 bits per heavy atom. The van der Waals surface area contributed by atoms with E-state index in [1.54, 1.807) is 0 Å². The summed E-state index contributed by atoms with van der Waals surface area (Å²) in [7, 11) is 0. The van der Waals surface area contributed by atoms with Gasteiger partial charge in [0.1, 0.15) is 29.3 Å². The molecule has 7 nitrogen and oxygen atoms in total. The van der Waals surface area contributed by atoms with Gasteiger partial charge in [0.25, 0.3) is 0 Å². The predicted molar refractivity (Wildman–Crippen MR) is 101 cm³/mol. The largest absolute Gasteiger partial charge is 0.458 e. The van der Waals surface area contributed by atoms with Crippen LogP contribution in [0.1, 0.15) is 39.4 Å². The van der Waals surface area contributed by atoms with E-state index in [1.165, 1.54) is 0 Å². The molecule has 1 atom stereocenters. The summed E-state index contributed by atoms with van der Waals surface area (Å²) in [4.78, 5) is 23.6. The number of carbonyl (C=O) groups excluding carboxylic acids is 1. The van der Waals surface area contributed by atoms with Crippen LogP contribution < -0.4 is 4.90 Å². The first-order valence-electron chi connectivity index (χ1n) is 9.16. The van der Waals surface area contributed by atoms with E-state index < -0.39 is 11.6 Å². The summed E-state index contributed by atoms with van der Waals surface area (Å²) in [6.45, 7) is 5.95. The number of esters is 1. The number of benzene rings is 1. The lowest BCUT2D eigenvalue weighted by Gasteiger charge is -2.28. The van der Waals surface area contributed by atoms with Crippen LogP contribution in [0.3, 0.4) is 0 Å². The van der Waals surface area contributed by atoms with Gasteiger partial charge in [0.2, 0.25) is 0 Å². The molecule has 3 heterocycles. The maximum absolute atomic E-state index is 12.7. The number of hydrogen-bond donors (Lipinski definition) is 1. The zero-order valence-corrected chi connectivity index (χ0v) is 15.7. The average molecular weight is 369 g/mol. The predicted octanol–water partition coefficient (Wildman–Crippen LogP) is 3.18. The highest BCUT2D eigenvalue weighted by Gasteiger charge is 2.37. The molecule has 2 aromatic heterocycles. The summed E-state index contributed by atoms with van der Waals surface area (Å²) >= 11 is 0. The molecule has 142 valence electrons. The smallest absolute Gasteiger partial charge is 0.329 e. The minimum atomic E-state index is -0.554.